The van der Waals surface area contributed by atoms with Crippen LogP contribution < -0.4 is 5.32 Å². The third kappa shape index (κ3) is 2.33. The Labute approximate surface area is 80.4 Å². The molecule has 0 radical (unpaired) electrons. The first-order valence-electron chi connectivity index (χ1n) is 4.16. The van der Waals surface area contributed by atoms with E-state index >= 15 is 0 Å². The standard InChI is InChI=1S/C8H9N5O/c1-2-9-5-11-7(1)3-10-4-8-12-6-14-13-8/h1-2,5-6,10H,3-4H2. The second kappa shape index (κ2) is 4.43. The van der Waals surface area contributed by atoms with E-state index in [0.29, 0.717) is 18.9 Å². The van der Waals surface area contributed by atoms with Crippen LogP contribution in [0.1, 0.15) is 11.5 Å². The van der Waals surface area contributed by atoms with Gasteiger partial charge in [-0.2, -0.15) is 4.98 Å². The van der Waals surface area contributed by atoms with E-state index in [9.17, 15) is 0 Å². The maximum Gasteiger partial charge on any atom is 0.213 e. The van der Waals surface area contributed by atoms with Gasteiger partial charge in [-0.15, -0.1) is 0 Å². The van der Waals surface area contributed by atoms with Crippen molar-refractivity contribution < 1.29 is 4.52 Å². The van der Waals surface area contributed by atoms with Crippen molar-refractivity contribution in [3.63, 3.8) is 0 Å². The number of aromatic nitrogens is 4. The van der Waals surface area contributed by atoms with E-state index in [2.05, 4.69) is 29.9 Å². The van der Waals surface area contributed by atoms with E-state index in [-0.39, 0.29) is 0 Å². The molecule has 2 aromatic rings. The summed E-state index contributed by atoms with van der Waals surface area (Å²) in [6.45, 7) is 1.23. The lowest BCUT2D eigenvalue weighted by Gasteiger charge is -1.99. The zero-order valence-corrected chi connectivity index (χ0v) is 7.42. The van der Waals surface area contributed by atoms with E-state index in [1.54, 1.807) is 6.20 Å². The van der Waals surface area contributed by atoms with E-state index in [1.807, 2.05) is 6.07 Å². The van der Waals surface area contributed by atoms with Gasteiger partial charge in [0.2, 0.25) is 6.39 Å². The van der Waals surface area contributed by atoms with Crippen LogP contribution in [-0.4, -0.2) is 20.1 Å². The Bertz CT molecular complexity index is 360. The Kier molecular flexibility index (Phi) is 2.77. The first kappa shape index (κ1) is 8.76. The highest BCUT2D eigenvalue weighted by Crippen LogP contribution is 1.92. The summed E-state index contributed by atoms with van der Waals surface area (Å²) in [6, 6.07) is 1.85. The molecule has 0 unspecified atom stereocenters. The predicted octanol–water partition coefficient (Wildman–Crippen LogP) is 0.149. The summed E-state index contributed by atoms with van der Waals surface area (Å²) in [5.41, 5.74) is 0.934. The average Bonchev–Trinajstić information content (AvgIpc) is 2.72. The van der Waals surface area contributed by atoms with Crippen molar-refractivity contribution in [2.75, 3.05) is 0 Å². The van der Waals surface area contributed by atoms with Gasteiger partial charge in [-0.05, 0) is 6.07 Å². The summed E-state index contributed by atoms with van der Waals surface area (Å²) in [5.74, 6) is 0.638. The summed E-state index contributed by atoms with van der Waals surface area (Å²) in [6.07, 6.45) is 4.53. The zero-order chi connectivity index (χ0) is 9.64. The maximum absolute atomic E-state index is 4.59. The molecule has 72 valence electrons. The molecule has 0 saturated heterocycles. The van der Waals surface area contributed by atoms with E-state index in [1.165, 1.54) is 12.7 Å². The van der Waals surface area contributed by atoms with Crippen molar-refractivity contribution in [3.05, 3.63) is 36.5 Å². The van der Waals surface area contributed by atoms with Crippen LogP contribution in [0.3, 0.4) is 0 Å². The number of nitrogens with one attached hydrogen (secondary N) is 1. The molecule has 0 aliphatic carbocycles. The quantitative estimate of drug-likeness (QED) is 0.741. The van der Waals surface area contributed by atoms with Gasteiger partial charge < -0.3 is 9.84 Å². The van der Waals surface area contributed by atoms with Gasteiger partial charge in [-0.1, -0.05) is 5.16 Å². The fraction of sp³-hybridized carbons (Fsp3) is 0.250. The van der Waals surface area contributed by atoms with Gasteiger partial charge in [0, 0.05) is 12.7 Å². The van der Waals surface area contributed by atoms with Crippen LogP contribution in [0.15, 0.2) is 29.5 Å². The van der Waals surface area contributed by atoms with Crippen LogP contribution in [0.2, 0.25) is 0 Å². The molecule has 0 aliphatic rings. The highest BCUT2D eigenvalue weighted by molar-refractivity contribution is 4.97. The van der Waals surface area contributed by atoms with Gasteiger partial charge in [0.15, 0.2) is 5.82 Å². The first-order chi connectivity index (χ1) is 6.95. The smallest absolute Gasteiger partial charge is 0.213 e. The lowest BCUT2D eigenvalue weighted by atomic mass is 10.4. The van der Waals surface area contributed by atoms with E-state index in [4.69, 9.17) is 0 Å². The van der Waals surface area contributed by atoms with Crippen LogP contribution in [0.25, 0.3) is 0 Å². The molecule has 6 heteroatoms. The maximum atomic E-state index is 4.59. The number of hydrogen-bond donors (Lipinski definition) is 1. The summed E-state index contributed by atoms with van der Waals surface area (Å²) < 4.78 is 4.59. The molecule has 0 saturated carbocycles. The first-order valence-corrected chi connectivity index (χ1v) is 4.16. The van der Waals surface area contributed by atoms with Gasteiger partial charge in [-0.3, -0.25) is 0 Å². The zero-order valence-electron chi connectivity index (χ0n) is 7.42. The third-order valence-electron chi connectivity index (χ3n) is 1.64. The van der Waals surface area contributed by atoms with Crippen LogP contribution in [0, 0.1) is 0 Å². The minimum Gasteiger partial charge on any atom is -0.343 e. The Morgan fingerprint density at radius 1 is 1.29 bits per heavy atom. The minimum absolute atomic E-state index is 0.570. The molecule has 0 aliphatic heterocycles. The lowest BCUT2D eigenvalue weighted by Crippen LogP contribution is -2.14. The lowest BCUT2D eigenvalue weighted by molar-refractivity contribution is 0.407. The molecule has 2 rings (SSSR count). The minimum atomic E-state index is 0.570. The molecule has 6 nitrogen and oxygen atoms in total. The van der Waals surface area contributed by atoms with E-state index < -0.39 is 0 Å². The van der Waals surface area contributed by atoms with Crippen LogP contribution in [0.4, 0.5) is 0 Å². The van der Waals surface area contributed by atoms with Crippen LogP contribution in [0.5, 0.6) is 0 Å². The van der Waals surface area contributed by atoms with Crippen molar-refractivity contribution >= 4 is 0 Å². The molecule has 1 N–H and O–H groups in total. The Hall–Kier alpha value is -1.82. The summed E-state index contributed by atoms with van der Waals surface area (Å²) in [4.78, 5) is 11.8. The summed E-state index contributed by atoms with van der Waals surface area (Å²) in [5, 5.41) is 6.79. The van der Waals surface area contributed by atoms with Crippen molar-refractivity contribution in [1.82, 2.24) is 25.4 Å². The Balaban J connectivity index is 1.79. The normalized spacial score (nSPS) is 10.3. The highest BCUT2D eigenvalue weighted by Gasteiger charge is 1.97. The second-order valence-electron chi connectivity index (χ2n) is 2.65. The largest absolute Gasteiger partial charge is 0.343 e. The molecular weight excluding hydrogens is 182 g/mol. The predicted molar refractivity (Wildman–Crippen MR) is 46.9 cm³/mol. The van der Waals surface area contributed by atoms with Crippen molar-refractivity contribution in [2.24, 2.45) is 0 Å². The average molecular weight is 191 g/mol. The number of rotatable bonds is 4. The monoisotopic (exact) mass is 191 g/mol. The van der Waals surface area contributed by atoms with Gasteiger partial charge in [0.1, 0.15) is 6.33 Å². The third-order valence-corrected chi connectivity index (χ3v) is 1.64. The van der Waals surface area contributed by atoms with Crippen molar-refractivity contribution in [1.29, 1.82) is 0 Å². The molecule has 0 bridgehead atoms. The van der Waals surface area contributed by atoms with Crippen LogP contribution >= 0.6 is 0 Å². The van der Waals surface area contributed by atoms with Gasteiger partial charge in [0.25, 0.3) is 0 Å². The molecule has 2 heterocycles. The van der Waals surface area contributed by atoms with Gasteiger partial charge in [0.05, 0.1) is 12.2 Å². The Morgan fingerprint density at radius 3 is 3.00 bits per heavy atom. The van der Waals surface area contributed by atoms with E-state index in [0.717, 1.165) is 5.69 Å². The fourth-order valence-corrected chi connectivity index (χ4v) is 0.995. The number of nitrogens with zero attached hydrogens (tertiary/aromatic N) is 4. The topological polar surface area (TPSA) is 76.7 Å². The molecule has 0 aromatic carbocycles. The van der Waals surface area contributed by atoms with Crippen LogP contribution in [-0.2, 0) is 13.1 Å². The molecule has 0 atom stereocenters. The Morgan fingerprint density at radius 2 is 2.29 bits per heavy atom. The molecule has 14 heavy (non-hydrogen) atoms. The van der Waals surface area contributed by atoms with Crippen molar-refractivity contribution in [3.8, 4) is 0 Å². The molecule has 2 aromatic heterocycles. The molecule has 0 fully saturated rings. The summed E-state index contributed by atoms with van der Waals surface area (Å²) in [7, 11) is 0. The van der Waals surface area contributed by atoms with Gasteiger partial charge >= 0.3 is 0 Å². The summed E-state index contributed by atoms with van der Waals surface area (Å²) >= 11 is 0. The molecule has 0 spiro atoms. The fourth-order valence-electron chi connectivity index (χ4n) is 0.995. The molecular formula is C8H9N5O. The molecule has 0 amide bonds. The van der Waals surface area contributed by atoms with Gasteiger partial charge in [-0.25, -0.2) is 9.97 Å². The SMILES string of the molecule is c1cc(CNCc2ncon2)ncn1. The highest BCUT2D eigenvalue weighted by atomic mass is 16.5. The van der Waals surface area contributed by atoms with Crippen molar-refractivity contribution in [2.45, 2.75) is 13.1 Å². The number of hydrogen-bond acceptors (Lipinski definition) is 6. The second-order valence-corrected chi connectivity index (χ2v) is 2.65.